The number of fused-ring (bicyclic) bond motifs is 1. The van der Waals surface area contributed by atoms with E-state index in [4.69, 9.17) is 5.73 Å². The third kappa shape index (κ3) is 3.21. The molecule has 0 aliphatic carbocycles. The first-order valence-corrected chi connectivity index (χ1v) is 8.03. The van der Waals surface area contributed by atoms with Gasteiger partial charge in [-0.05, 0) is 56.8 Å². The molecule has 1 aromatic carbocycles. The fourth-order valence-corrected chi connectivity index (χ4v) is 3.66. The van der Waals surface area contributed by atoms with Gasteiger partial charge in [-0.25, -0.2) is 0 Å². The lowest BCUT2D eigenvalue weighted by Gasteiger charge is -2.35. The van der Waals surface area contributed by atoms with Crippen LogP contribution in [-0.4, -0.2) is 36.0 Å². The molecule has 4 heteroatoms. The van der Waals surface area contributed by atoms with Crippen molar-refractivity contribution in [2.24, 2.45) is 0 Å². The highest BCUT2D eigenvalue weighted by Gasteiger charge is 2.32. The molecule has 0 radical (unpaired) electrons. The molecule has 1 aromatic rings. The Labute approximate surface area is 126 Å². The van der Waals surface area contributed by atoms with Crippen LogP contribution < -0.4 is 11.1 Å². The van der Waals surface area contributed by atoms with E-state index < -0.39 is 0 Å². The molecule has 2 fully saturated rings. The molecule has 4 nitrogen and oxygen atoms in total. The van der Waals surface area contributed by atoms with Crippen LogP contribution in [0.4, 0.5) is 5.69 Å². The quantitative estimate of drug-likeness (QED) is 0.837. The number of nitrogens with two attached hydrogens (primary N) is 1. The Kier molecular flexibility index (Phi) is 4.15. The maximum absolute atomic E-state index is 12.4. The lowest BCUT2D eigenvalue weighted by atomic mass is 9.95. The first-order chi connectivity index (χ1) is 10.1. The van der Waals surface area contributed by atoms with E-state index in [2.05, 4.69) is 10.2 Å². The Morgan fingerprint density at radius 1 is 1.38 bits per heavy atom. The molecule has 0 saturated carbocycles. The summed E-state index contributed by atoms with van der Waals surface area (Å²) in [4.78, 5) is 15.0. The average molecular weight is 287 g/mol. The Hall–Kier alpha value is -1.55. The van der Waals surface area contributed by atoms with Crippen LogP contribution in [-0.2, 0) is 4.79 Å². The van der Waals surface area contributed by atoms with Crippen LogP contribution in [0.15, 0.2) is 24.3 Å². The zero-order valence-electron chi connectivity index (χ0n) is 12.7. The van der Waals surface area contributed by atoms with Crippen LogP contribution in [0.25, 0.3) is 0 Å². The second-order valence-corrected chi connectivity index (χ2v) is 6.45. The molecule has 1 amide bonds. The van der Waals surface area contributed by atoms with Gasteiger partial charge in [0.2, 0.25) is 5.91 Å². The summed E-state index contributed by atoms with van der Waals surface area (Å²) < 4.78 is 0. The summed E-state index contributed by atoms with van der Waals surface area (Å²) in [5, 5.41) is 3.24. The smallest absolute Gasteiger partial charge is 0.227 e. The van der Waals surface area contributed by atoms with Crippen LogP contribution in [0.5, 0.6) is 0 Å². The number of anilines is 1. The van der Waals surface area contributed by atoms with Crippen LogP contribution in [0.3, 0.4) is 0 Å². The largest absolute Gasteiger partial charge is 0.399 e. The molecule has 3 unspecified atom stereocenters. The van der Waals surface area contributed by atoms with Crippen molar-refractivity contribution < 1.29 is 4.79 Å². The highest BCUT2D eigenvalue weighted by molar-refractivity contribution is 5.83. The predicted molar refractivity (Wildman–Crippen MR) is 85.0 cm³/mol. The average Bonchev–Trinajstić information content (AvgIpc) is 2.94. The molecule has 2 aliphatic heterocycles. The van der Waals surface area contributed by atoms with Crippen molar-refractivity contribution in [3.8, 4) is 0 Å². The van der Waals surface area contributed by atoms with Crippen molar-refractivity contribution in [1.29, 1.82) is 0 Å². The Morgan fingerprint density at radius 3 is 3.05 bits per heavy atom. The van der Waals surface area contributed by atoms with Gasteiger partial charge in [-0.2, -0.15) is 0 Å². The van der Waals surface area contributed by atoms with Gasteiger partial charge >= 0.3 is 0 Å². The van der Waals surface area contributed by atoms with E-state index in [0.717, 1.165) is 24.9 Å². The van der Waals surface area contributed by atoms with Crippen molar-refractivity contribution in [2.75, 3.05) is 18.8 Å². The lowest BCUT2D eigenvalue weighted by molar-refractivity contribution is -0.123. The van der Waals surface area contributed by atoms with E-state index in [9.17, 15) is 4.79 Å². The fraction of sp³-hybridized carbons (Fsp3) is 0.588. The van der Waals surface area contributed by atoms with E-state index >= 15 is 0 Å². The number of rotatable bonds is 3. The SMILES string of the molecule is CC(C(=O)NC1CCN2CCCC2C1)c1cccc(N)c1. The monoisotopic (exact) mass is 287 g/mol. The molecule has 3 atom stereocenters. The van der Waals surface area contributed by atoms with Gasteiger partial charge in [-0.3, -0.25) is 4.79 Å². The Morgan fingerprint density at radius 2 is 2.24 bits per heavy atom. The maximum atomic E-state index is 12.4. The predicted octanol–water partition coefficient (Wildman–Crippen LogP) is 2.12. The lowest BCUT2D eigenvalue weighted by Crippen LogP contribution is -2.48. The van der Waals surface area contributed by atoms with Gasteiger partial charge in [0.15, 0.2) is 0 Å². The topological polar surface area (TPSA) is 58.4 Å². The zero-order valence-corrected chi connectivity index (χ0v) is 12.7. The molecule has 0 spiro atoms. The number of hydrogen-bond donors (Lipinski definition) is 2. The summed E-state index contributed by atoms with van der Waals surface area (Å²) >= 11 is 0. The molecule has 21 heavy (non-hydrogen) atoms. The van der Waals surface area contributed by atoms with Crippen LogP contribution in [0.2, 0.25) is 0 Å². The highest BCUT2D eigenvalue weighted by atomic mass is 16.1. The molecule has 2 heterocycles. The highest BCUT2D eigenvalue weighted by Crippen LogP contribution is 2.27. The fourth-order valence-electron chi connectivity index (χ4n) is 3.66. The summed E-state index contributed by atoms with van der Waals surface area (Å²) in [7, 11) is 0. The van der Waals surface area contributed by atoms with Crippen LogP contribution in [0, 0.1) is 0 Å². The zero-order chi connectivity index (χ0) is 14.8. The van der Waals surface area contributed by atoms with Crippen LogP contribution >= 0.6 is 0 Å². The van der Waals surface area contributed by atoms with Gasteiger partial charge in [-0.15, -0.1) is 0 Å². The van der Waals surface area contributed by atoms with Crippen LogP contribution in [0.1, 0.15) is 44.1 Å². The van der Waals surface area contributed by atoms with Gasteiger partial charge in [0.1, 0.15) is 0 Å². The van der Waals surface area contributed by atoms with Gasteiger partial charge in [0.05, 0.1) is 5.92 Å². The number of nitrogens with one attached hydrogen (secondary N) is 1. The number of benzene rings is 1. The summed E-state index contributed by atoms with van der Waals surface area (Å²) in [6.45, 7) is 4.32. The van der Waals surface area contributed by atoms with E-state index in [-0.39, 0.29) is 11.8 Å². The van der Waals surface area contributed by atoms with Gasteiger partial charge < -0.3 is 16.0 Å². The summed E-state index contributed by atoms with van der Waals surface area (Å²) in [5.41, 5.74) is 7.51. The Balaban J connectivity index is 1.58. The van der Waals surface area contributed by atoms with Crippen molar-refractivity contribution >= 4 is 11.6 Å². The minimum Gasteiger partial charge on any atom is -0.399 e. The molecular weight excluding hydrogens is 262 g/mol. The minimum atomic E-state index is -0.143. The van der Waals surface area contributed by atoms with Crippen molar-refractivity contribution in [2.45, 2.75) is 50.6 Å². The van der Waals surface area contributed by atoms with Crippen molar-refractivity contribution in [1.82, 2.24) is 10.2 Å². The Bertz CT molecular complexity index is 517. The number of hydrogen-bond acceptors (Lipinski definition) is 3. The second-order valence-electron chi connectivity index (χ2n) is 6.45. The number of carbonyl (C=O) groups excluding carboxylic acids is 1. The third-order valence-electron chi connectivity index (χ3n) is 4.97. The summed E-state index contributed by atoms with van der Waals surface area (Å²) in [6, 6.07) is 8.64. The van der Waals surface area contributed by atoms with E-state index in [1.54, 1.807) is 0 Å². The number of nitrogen functional groups attached to an aromatic ring is 1. The first kappa shape index (κ1) is 14.4. The minimum absolute atomic E-state index is 0.122. The standard InChI is InChI=1S/C17H25N3O/c1-12(13-4-2-5-14(18)10-13)17(21)19-15-7-9-20-8-3-6-16(20)11-15/h2,4-5,10,12,15-16H,3,6-9,11,18H2,1H3,(H,19,21). The van der Waals surface area contributed by atoms with Crippen molar-refractivity contribution in [3.63, 3.8) is 0 Å². The van der Waals surface area contributed by atoms with E-state index in [0.29, 0.717) is 17.8 Å². The molecule has 3 N–H and O–H groups in total. The molecule has 0 bridgehead atoms. The summed E-state index contributed by atoms with van der Waals surface area (Å²) in [6.07, 6.45) is 4.78. The third-order valence-corrected chi connectivity index (χ3v) is 4.97. The number of amides is 1. The second kappa shape index (κ2) is 6.06. The molecular formula is C17H25N3O. The molecule has 0 aromatic heterocycles. The number of carbonyl (C=O) groups is 1. The van der Waals surface area contributed by atoms with E-state index in [1.807, 2.05) is 31.2 Å². The molecule has 3 rings (SSSR count). The number of piperidine rings is 1. The molecule has 114 valence electrons. The normalized spacial score (nSPS) is 27.1. The maximum Gasteiger partial charge on any atom is 0.227 e. The first-order valence-electron chi connectivity index (χ1n) is 8.03. The van der Waals surface area contributed by atoms with Gasteiger partial charge in [-0.1, -0.05) is 12.1 Å². The molecule has 2 aliphatic rings. The van der Waals surface area contributed by atoms with E-state index in [1.165, 1.54) is 19.4 Å². The number of nitrogens with zero attached hydrogens (tertiary/aromatic N) is 1. The van der Waals surface area contributed by atoms with Crippen molar-refractivity contribution in [3.05, 3.63) is 29.8 Å². The van der Waals surface area contributed by atoms with Gasteiger partial charge in [0, 0.05) is 24.3 Å². The molecule has 2 saturated heterocycles. The summed E-state index contributed by atoms with van der Waals surface area (Å²) in [5.74, 6) is -0.0212. The van der Waals surface area contributed by atoms with Gasteiger partial charge in [0.25, 0.3) is 0 Å².